The van der Waals surface area contributed by atoms with Crippen LogP contribution in [-0.2, 0) is 17.1 Å². The van der Waals surface area contributed by atoms with Gasteiger partial charge in [0.25, 0.3) is 5.91 Å². The number of fused-ring (bicyclic) bond motifs is 3. The van der Waals surface area contributed by atoms with Gasteiger partial charge in [-0.15, -0.1) is 0 Å². The van der Waals surface area contributed by atoms with Gasteiger partial charge in [-0.05, 0) is 30.4 Å². The van der Waals surface area contributed by atoms with Crippen molar-refractivity contribution in [3.05, 3.63) is 89.1 Å². The second-order valence-electron chi connectivity index (χ2n) is 8.08. The van der Waals surface area contributed by atoms with E-state index in [4.69, 9.17) is 0 Å². The lowest BCUT2D eigenvalue weighted by molar-refractivity contribution is -0.143. The number of allylic oxidation sites excluding steroid dienone is 1. The van der Waals surface area contributed by atoms with Gasteiger partial charge in [-0.1, -0.05) is 24.3 Å². The molecular formula is C25H13F6N5O2. The van der Waals surface area contributed by atoms with E-state index in [2.05, 4.69) is 20.7 Å². The molecule has 0 radical (unpaired) electrons. The standard InChI is InChI=1S/C25H13F6N5O2/c26-24(27,28)20-10-14(7-8-32-20)35-23(38)18-11-33-36(22(18)25(29,30)31)19-9-13-5-6-15(12-37)34-21(13)17-4-2-1-3-16(17)19/h1-11,34H,(H,32,35,38). The number of amides is 1. The Morgan fingerprint density at radius 3 is 2.39 bits per heavy atom. The fourth-order valence-corrected chi connectivity index (χ4v) is 4.06. The van der Waals surface area contributed by atoms with E-state index in [-0.39, 0.29) is 11.4 Å². The summed E-state index contributed by atoms with van der Waals surface area (Å²) in [6.45, 7) is 0. The number of nitrogens with zero attached hydrogens (tertiary/aromatic N) is 3. The van der Waals surface area contributed by atoms with Gasteiger partial charge in [-0.2, -0.15) is 31.4 Å². The van der Waals surface area contributed by atoms with Gasteiger partial charge in [0.15, 0.2) is 11.6 Å². The summed E-state index contributed by atoms with van der Waals surface area (Å²) < 4.78 is 82.4. The van der Waals surface area contributed by atoms with Crippen LogP contribution in [0.15, 0.2) is 66.6 Å². The van der Waals surface area contributed by atoms with Gasteiger partial charge in [0, 0.05) is 28.2 Å². The van der Waals surface area contributed by atoms with E-state index >= 15 is 0 Å². The first kappa shape index (κ1) is 24.8. The molecule has 0 saturated heterocycles. The number of carbonyl (C=O) groups is 1. The zero-order valence-electron chi connectivity index (χ0n) is 18.8. The molecule has 7 nitrogen and oxygen atoms in total. The molecule has 4 aromatic rings. The predicted molar refractivity (Wildman–Crippen MR) is 125 cm³/mol. The highest BCUT2D eigenvalue weighted by Crippen LogP contribution is 2.40. The number of rotatable bonds is 3. The molecule has 192 valence electrons. The van der Waals surface area contributed by atoms with Crippen LogP contribution in [0.2, 0.25) is 0 Å². The van der Waals surface area contributed by atoms with Crippen molar-refractivity contribution >= 4 is 40.1 Å². The summed E-state index contributed by atoms with van der Waals surface area (Å²) in [5.74, 6) is 0.411. The van der Waals surface area contributed by atoms with Gasteiger partial charge in [0.1, 0.15) is 11.4 Å². The highest BCUT2D eigenvalue weighted by atomic mass is 19.4. The van der Waals surface area contributed by atoms with Crippen molar-refractivity contribution in [2.75, 3.05) is 10.6 Å². The Morgan fingerprint density at radius 1 is 0.974 bits per heavy atom. The number of hydrogen-bond acceptors (Lipinski definition) is 5. The van der Waals surface area contributed by atoms with Crippen molar-refractivity contribution in [2.45, 2.75) is 12.4 Å². The zero-order valence-corrected chi connectivity index (χ0v) is 18.8. The molecular weight excluding hydrogens is 516 g/mol. The monoisotopic (exact) mass is 529 g/mol. The van der Waals surface area contributed by atoms with Crippen LogP contribution in [-0.4, -0.2) is 26.6 Å². The maximum atomic E-state index is 14.3. The third-order valence-corrected chi connectivity index (χ3v) is 5.67. The molecule has 0 spiro atoms. The van der Waals surface area contributed by atoms with Gasteiger partial charge < -0.3 is 10.6 Å². The van der Waals surface area contributed by atoms with E-state index in [0.29, 0.717) is 39.0 Å². The van der Waals surface area contributed by atoms with Crippen molar-refractivity contribution in [3.63, 3.8) is 0 Å². The largest absolute Gasteiger partial charge is 0.434 e. The Labute approximate surface area is 209 Å². The molecule has 0 saturated carbocycles. The highest BCUT2D eigenvalue weighted by molar-refractivity contribution is 6.07. The number of anilines is 2. The van der Waals surface area contributed by atoms with E-state index in [1.54, 1.807) is 30.2 Å². The quantitative estimate of drug-likeness (QED) is 0.256. The fourth-order valence-electron chi connectivity index (χ4n) is 4.06. The molecule has 2 aromatic heterocycles. The second-order valence-corrected chi connectivity index (χ2v) is 8.08. The predicted octanol–water partition coefficient (Wildman–Crippen LogP) is 5.86. The van der Waals surface area contributed by atoms with E-state index in [1.165, 1.54) is 18.2 Å². The molecule has 0 bridgehead atoms. The van der Waals surface area contributed by atoms with E-state index in [9.17, 15) is 35.9 Å². The van der Waals surface area contributed by atoms with Gasteiger partial charge in [-0.3, -0.25) is 9.78 Å². The maximum Gasteiger partial charge on any atom is 0.434 e. The average Bonchev–Trinajstić information content (AvgIpc) is 3.34. The first-order chi connectivity index (χ1) is 18.0. The van der Waals surface area contributed by atoms with Gasteiger partial charge >= 0.3 is 12.4 Å². The SMILES string of the molecule is O=C=C1C=Cc2cc(-n3ncc(C(=O)Nc4ccnc(C(F)(F)F)c4)c3C(F)(F)F)c3ccccc3c2N1. The summed E-state index contributed by atoms with van der Waals surface area (Å²) in [5, 5.41) is 9.57. The van der Waals surface area contributed by atoms with Gasteiger partial charge in [0.05, 0.1) is 23.1 Å². The number of hydrogen-bond donors (Lipinski definition) is 2. The first-order valence-electron chi connectivity index (χ1n) is 10.7. The Kier molecular flexibility index (Phi) is 5.80. The minimum Gasteiger partial charge on any atom is -0.345 e. The number of benzene rings is 2. The molecule has 3 heterocycles. The summed E-state index contributed by atoms with van der Waals surface area (Å²) >= 11 is 0. The molecule has 0 aliphatic carbocycles. The Bertz CT molecular complexity index is 1680. The lowest BCUT2D eigenvalue weighted by Crippen LogP contribution is -2.21. The number of carbonyl (C=O) groups excluding carboxylic acids is 2. The third kappa shape index (κ3) is 4.39. The van der Waals surface area contributed by atoms with Crippen LogP contribution in [0, 0.1) is 0 Å². The summed E-state index contributed by atoms with van der Waals surface area (Å²) in [6, 6.07) is 9.37. The van der Waals surface area contributed by atoms with E-state index in [1.807, 2.05) is 0 Å². The van der Waals surface area contributed by atoms with E-state index < -0.39 is 40.9 Å². The smallest absolute Gasteiger partial charge is 0.345 e. The Hall–Kier alpha value is -4.90. The van der Waals surface area contributed by atoms with Crippen molar-refractivity contribution < 1.29 is 35.9 Å². The fraction of sp³-hybridized carbons (Fsp3) is 0.0800. The molecule has 0 fully saturated rings. The zero-order chi connectivity index (χ0) is 27.2. The van der Waals surface area contributed by atoms with Crippen LogP contribution in [0.5, 0.6) is 0 Å². The van der Waals surface area contributed by atoms with Crippen molar-refractivity contribution in [1.82, 2.24) is 14.8 Å². The molecule has 38 heavy (non-hydrogen) atoms. The number of halogens is 6. The topological polar surface area (TPSA) is 88.9 Å². The highest BCUT2D eigenvalue weighted by Gasteiger charge is 2.41. The van der Waals surface area contributed by atoms with Crippen molar-refractivity contribution in [1.29, 1.82) is 0 Å². The summed E-state index contributed by atoms with van der Waals surface area (Å²) in [4.78, 5) is 27.1. The molecule has 2 N–H and O–H groups in total. The van der Waals surface area contributed by atoms with Crippen LogP contribution in [0.3, 0.4) is 0 Å². The van der Waals surface area contributed by atoms with Crippen LogP contribution in [0.1, 0.15) is 27.3 Å². The maximum absolute atomic E-state index is 14.3. The summed E-state index contributed by atoms with van der Waals surface area (Å²) in [7, 11) is 0. The van der Waals surface area contributed by atoms with Crippen LogP contribution in [0.4, 0.5) is 37.7 Å². The minimum absolute atomic E-state index is 0.0148. The average molecular weight is 529 g/mol. The number of nitrogens with one attached hydrogen (secondary N) is 2. The third-order valence-electron chi connectivity index (χ3n) is 5.67. The van der Waals surface area contributed by atoms with E-state index in [0.717, 1.165) is 12.3 Å². The summed E-state index contributed by atoms with van der Waals surface area (Å²) in [6.07, 6.45) is -5.49. The Morgan fingerprint density at radius 2 is 1.71 bits per heavy atom. The van der Waals surface area contributed by atoms with Crippen LogP contribution >= 0.6 is 0 Å². The summed E-state index contributed by atoms with van der Waals surface area (Å²) in [5.41, 5.74) is -3.00. The van der Waals surface area contributed by atoms with Crippen LogP contribution in [0.25, 0.3) is 22.5 Å². The first-order valence-corrected chi connectivity index (χ1v) is 10.7. The molecule has 2 aromatic carbocycles. The number of alkyl halides is 6. The Balaban J connectivity index is 1.64. The normalized spacial score (nSPS) is 13.2. The molecule has 1 aliphatic rings. The molecule has 0 atom stereocenters. The molecule has 0 unspecified atom stereocenters. The lowest BCUT2D eigenvalue weighted by Gasteiger charge is -2.20. The molecule has 1 aliphatic heterocycles. The molecule has 13 heteroatoms. The molecule has 5 rings (SSSR count). The number of aromatic nitrogens is 3. The number of pyridine rings is 1. The van der Waals surface area contributed by atoms with Gasteiger partial charge in [-0.25, -0.2) is 9.48 Å². The van der Waals surface area contributed by atoms with Gasteiger partial charge in [0.2, 0.25) is 0 Å². The minimum atomic E-state index is -5.07. The molecule has 1 amide bonds. The second kappa shape index (κ2) is 8.89. The van der Waals surface area contributed by atoms with Crippen molar-refractivity contribution in [3.8, 4) is 5.69 Å². The lowest BCUT2D eigenvalue weighted by atomic mass is 9.99. The van der Waals surface area contributed by atoms with Crippen molar-refractivity contribution in [2.24, 2.45) is 0 Å². The van der Waals surface area contributed by atoms with Crippen LogP contribution < -0.4 is 10.6 Å².